The molecule has 1 heterocycles. The van der Waals surface area contributed by atoms with Gasteiger partial charge in [0.25, 0.3) is 0 Å². The maximum Gasteiger partial charge on any atom is 0.408 e. The number of benzene rings is 2. The summed E-state index contributed by atoms with van der Waals surface area (Å²) in [5.74, 6) is -3.64. The third-order valence-corrected chi connectivity index (χ3v) is 5.76. The molecule has 0 saturated heterocycles. The molecule has 3 rings (SSSR count). The molecular formula is C29H34N4O8. The maximum atomic E-state index is 13.4. The number of aliphatic carboxylic acids is 1. The number of para-hydroxylation sites is 1. The number of hydrogen-bond donors (Lipinski definition) is 5. The summed E-state index contributed by atoms with van der Waals surface area (Å²) >= 11 is 0. The number of carboxylic acids is 1. The molecule has 2 aromatic carbocycles. The van der Waals surface area contributed by atoms with E-state index in [1.54, 1.807) is 51.2 Å². The third-order valence-electron chi connectivity index (χ3n) is 5.76. The maximum absolute atomic E-state index is 13.4. The summed E-state index contributed by atoms with van der Waals surface area (Å²) < 4.78 is 10.5. The van der Waals surface area contributed by atoms with Crippen LogP contribution in [0.2, 0.25) is 0 Å². The highest BCUT2D eigenvalue weighted by Crippen LogP contribution is 2.19. The van der Waals surface area contributed by atoms with E-state index in [1.165, 1.54) is 0 Å². The van der Waals surface area contributed by atoms with Crippen molar-refractivity contribution < 1.29 is 38.6 Å². The van der Waals surface area contributed by atoms with Gasteiger partial charge in [-0.2, -0.15) is 0 Å². The van der Waals surface area contributed by atoms with Crippen molar-refractivity contribution in [2.75, 3.05) is 6.54 Å². The number of carbonyl (C=O) groups excluding carboxylic acids is 4. The lowest BCUT2D eigenvalue weighted by Crippen LogP contribution is -2.55. The summed E-state index contributed by atoms with van der Waals surface area (Å²) in [6.07, 6.45) is 0.186. The number of fused-ring (bicyclic) bond motifs is 1. The van der Waals surface area contributed by atoms with Crippen LogP contribution >= 0.6 is 0 Å². The van der Waals surface area contributed by atoms with Crippen molar-refractivity contribution in [1.82, 2.24) is 20.9 Å². The van der Waals surface area contributed by atoms with E-state index in [1.807, 2.05) is 30.3 Å². The van der Waals surface area contributed by atoms with Crippen LogP contribution in [0.4, 0.5) is 4.79 Å². The zero-order valence-electron chi connectivity index (χ0n) is 23.1. The Morgan fingerprint density at radius 1 is 0.902 bits per heavy atom. The number of ether oxygens (including phenoxy) is 2. The number of hydrogen-bond acceptors (Lipinski definition) is 7. The molecule has 1 unspecified atom stereocenters. The first-order valence-corrected chi connectivity index (χ1v) is 12.9. The van der Waals surface area contributed by atoms with E-state index in [-0.39, 0.29) is 13.0 Å². The molecule has 0 spiro atoms. The molecule has 0 aliphatic rings. The Bertz CT molecular complexity index is 1380. The highest BCUT2D eigenvalue weighted by atomic mass is 16.6. The standard InChI is InChI=1S/C29H34N4O8/c1-29(2,3)41-25(36)14-23(33-28(39)40-17-18-9-5-4-6-10-18)27(38)32-22(26(37)31-16-24(34)35)13-19-15-30-21-12-8-7-11-20(19)21/h4-12,15,22-23,30H,13-14,16-17H2,1-3H3,(H,31,37)(H,32,38)(H,33,39)(H,34,35)/t22?,23-/m0/s1. The number of aromatic amines is 1. The Kier molecular flexibility index (Phi) is 10.4. The SMILES string of the molecule is CC(C)(C)OC(=O)C[C@H](NC(=O)OCc1ccccc1)C(=O)NC(Cc1c[nH]c2ccccc12)C(=O)NCC(=O)O. The molecule has 0 bridgehead atoms. The van der Waals surface area contributed by atoms with Gasteiger partial charge >= 0.3 is 18.0 Å². The van der Waals surface area contributed by atoms with Gasteiger partial charge in [0.05, 0.1) is 6.42 Å². The van der Waals surface area contributed by atoms with Gasteiger partial charge in [0.2, 0.25) is 11.8 Å². The van der Waals surface area contributed by atoms with E-state index >= 15 is 0 Å². The van der Waals surface area contributed by atoms with Crippen LogP contribution in [0.5, 0.6) is 0 Å². The molecule has 0 radical (unpaired) electrons. The van der Waals surface area contributed by atoms with Gasteiger partial charge in [-0.3, -0.25) is 19.2 Å². The molecule has 12 nitrogen and oxygen atoms in total. The highest BCUT2D eigenvalue weighted by molar-refractivity contribution is 5.95. The molecule has 3 amide bonds. The summed E-state index contributed by atoms with van der Waals surface area (Å²) in [5, 5.41) is 17.0. The Morgan fingerprint density at radius 3 is 2.27 bits per heavy atom. The van der Waals surface area contributed by atoms with Crippen molar-refractivity contribution in [3.63, 3.8) is 0 Å². The van der Waals surface area contributed by atoms with E-state index in [0.29, 0.717) is 11.1 Å². The fraction of sp³-hybridized carbons (Fsp3) is 0.345. The van der Waals surface area contributed by atoms with Gasteiger partial charge in [-0.05, 0) is 38.0 Å². The predicted octanol–water partition coefficient (Wildman–Crippen LogP) is 2.42. The summed E-state index contributed by atoms with van der Waals surface area (Å²) in [5.41, 5.74) is 1.37. The van der Waals surface area contributed by atoms with Crippen LogP contribution < -0.4 is 16.0 Å². The first kappa shape index (κ1) is 30.7. The minimum atomic E-state index is -1.45. The number of aromatic nitrogens is 1. The fourth-order valence-corrected chi connectivity index (χ4v) is 3.95. The molecule has 0 aliphatic heterocycles. The van der Waals surface area contributed by atoms with Crippen LogP contribution in [0.15, 0.2) is 60.8 Å². The molecule has 0 aliphatic carbocycles. The third kappa shape index (κ3) is 9.99. The first-order valence-electron chi connectivity index (χ1n) is 12.9. The largest absolute Gasteiger partial charge is 0.480 e. The van der Waals surface area contributed by atoms with E-state index in [0.717, 1.165) is 10.9 Å². The van der Waals surface area contributed by atoms with Gasteiger partial charge < -0.3 is 35.5 Å². The van der Waals surface area contributed by atoms with Gasteiger partial charge in [0, 0.05) is 23.5 Å². The van der Waals surface area contributed by atoms with Crippen molar-refractivity contribution in [2.45, 2.75) is 57.9 Å². The number of alkyl carbamates (subject to hydrolysis) is 1. The number of amides is 3. The molecule has 3 aromatic rings. The topological polar surface area (TPSA) is 176 Å². The molecule has 0 fully saturated rings. The summed E-state index contributed by atoms with van der Waals surface area (Å²) in [4.78, 5) is 65.7. The molecular weight excluding hydrogens is 532 g/mol. The predicted molar refractivity (Wildman–Crippen MR) is 149 cm³/mol. The van der Waals surface area contributed by atoms with Crippen LogP contribution in [0.1, 0.15) is 38.3 Å². The zero-order chi connectivity index (χ0) is 30.0. The normalized spacial score (nSPS) is 12.6. The minimum Gasteiger partial charge on any atom is -0.480 e. The van der Waals surface area contributed by atoms with Crippen LogP contribution in [0.25, 0.3) is 10.9 Å². The second kappa shape index (κ2) is 14.0. The van der Waals surface area contributed by atoms with Gasteiger partial charge in [-0.1, -0.05) is 48.5 Å². The summed E-state index contributed by atoms with van der Waals surface area (Å²) in [6.45, 7) is 4.24. The Labute approximate surface area is 236 Å². The number of carbonyl (C=O) groups is 5. The van der Waals surface area contributed by atoms with E-state index in [2.05, 4.69) is 20.9 Å². The summed E-state index contributed by atoms with van der Waals surface area (Å²) in [7, 11) is 0. The number of esters is 1. The average molecular weight is 567 g/mol. The van der Waals surface area contributed by atoms with Gasteiger partial charge in [-0.25, -0.2) is 4.79 Å². The zero-order valence-corrected chi connectivity index (χ0v) is 23.1. The smallest absolute Gasteiger partial charge is 0.408 e. The molecule has 41 heavy (non-hydrogen) atoms. The van der Waals surface area contributed by atoms with Crippen molar-refractivity contribution in [3.8, 4) is 0 Å². The van der Waals surface area contributed by atoms with Crippen molar-refractivity contribution in [2.24, 2.45) is 0 Å². The molecule has 1 aromatic heterocycles. The Morgan fingerprint density at radius 2 is 1.59 bits per heavy atom. The quantitative estimate of drug-likeness (QED) is 0.208. The second-order valence-corrected chi connectivity index (χ2v) is 10.3. The lowest BCUT2D eigenvalue weighted by Gasteiger charge is -2.24. The number of H-pyrrole nitrogens is 1. The molecule has 0 saturated carbocycles. The van der Waals surface area contributed by atoms with Gasteiger partial charge in [0.15, 0.2) is 0 Å². The molecule has 5 N–H and O–H groups in total. The number of rotatable bonds is 12. The minimum absolute atomic E-state index is 0.00117. The lowest BCUT2D eigenvalue weighted by atomic mass is 10.0. The van der Waals surface area contributed by atoms with E-state index < -0.39 is 60.5 Å². The van der Waals surface area contributed by atoms with E-state index in [4.69, 9.17) is 14.6 Å². The van der Waals surface area contributed by atoms with Crippen LogP contribution in [-0.2, 0) is 41.7 Å². The summed E-state index contributed by atoms with van der Waals surface area (Å²) in [6, 6.07) is 13.5. The Hall–Kier alpha value is -4.87. The number of carboxylic acid groups (broad SMARTS) is 1. The monoisotopic (exact) mass is 566 g/mol. The van der Waals surface area contributed by atoms with Crippen LogP contribution in [0.3, 0.4) is 0 Å². The Balaban J connectivity index is 1.79. The van der Waals surface area contributed by atoms with Crippen LogP contribution in [0, 0.1) is 0 Å². The lowest BCUT2D eigenvalue weighted by molar-refractivity contribution is -0.156. The fourth-order valence-electron chi connectivity index (χ4n) is 3.95. The first-order chi connectivity index (χ1) is 19.4. The second-order valence-electron chi connectivity index (χ2n) is 10.3. The highest BCUT2D eigenvalue weighted by Gasteiger charge is 2.31. The van der Waals surface area contributed by atoms with Crippen LogP contribution in [-0.4, -0.2) is 64.2 Å². The van der Waals surface area contributed by atoms with Gasteiger partial charge in [-0.15, -0.1) is 0 Å². The van der Waals surface area contributed by atoms with Gasteiger partial charge in [0.1, 0.15) is 30.8 Å². The molecule has 12 heteroatoms. The average Bonchev–Trinajstić information content (AvgIpc) is 3.32. The van der Waals surface area contributed by atoms with Crippen molar-refractivity contribution in [1.29, 1.82) is 0 Å². The molecule has 2 atom stereocenters. The number of nitrogens with one attached hydrogen (secondary N) is 4. The molecule has 218 valence electrons. The van der Waals surface area contributed by atoms with E-state index in [9.17, 15) is 24.0 Å². The van der Waals surface area contributed by atoms with Crippen molar-refractivity contribution in [3.05, 3.63) is 71.9 Å². The van der Waals surface area contributed by atoms with Crippen molar-refractivity contribution >= 4 is 40.7 Å².